The van der Waals surface area contributed by atoms with Crippen molar-refractivity contribution in [3.63, 3.8) is 0 Å². The van der Waals surface area contributed by atoms with Crippen LogP contribution in [0.5, 0.6) is 0 Å². The maximum Gasteiger partial charge on any atom is 0.348 e. The molecule has 1 aromatic heterocycles. The molecule has 1 N–H and O–H groups in total. The van der Waals surface area contributed by atoms with Gasteiger partial charge in [0.1, 0.15) is 4.88 Å². The lowest BCUT2D eigenvalue weighted by Crippen LogP contribution is -2.48. The predicted octanol–water partition coefficient (Wildman–Crippen LogP) is 6.29. The molecule has 0 radical (unpaired) electrons. The second-order valence-corrected chi connectivity index (χ2v) is 13.0. The number of allylic oxidation sites excluding steroid dienone is 2. The lowest BCUT2D eigenvalue weighted by molar-refractivity contribution is -0.124. The molecule has 7 heteroatoms. The van der Waals surface area contributed by atoms with Crippen LogP contribution in [0.25, 0.3) is 0 Å². The number of nitrogens with zero attached hydrogens (tertiary/aromatic N) is 1. The van der Waals surface area contributed by atoms with Crippen LogP contribution in [0.3, 0.4) is 0 Å². The van der Waals surface area contributed by atoms with Gasteiger partial charge in [0.25, 0.3) is 0 Å². The summed E-state index contributed by atoms with van der Waals surface area (Å²) in [5.41, 5.74) is 1.62. The molecule has 2 heterocycles. The Morgan fingerprint density at radius 2 is 1.89 bits per heavy atom. The Kier molecular flexibility index (Phi) is 8.83. The SMILES string of the molecule is CC1=CC[C@H](C(=O)N(c2cc(C#CC(C)(C)C)sc2C(=O)O)C2CCC(O[C@H]3CCOC3)CC2)[C@@H](C)C1. The van der Waals surface area contributed by atoms with E-state index in [4.69, 9.17) is 9.47 Å². The minimum Gasteiger partial charge on any atom is -0.477 e. The highest BCUT2D eigenvalue weighted by Crippen LogP contribution is 2.39. The fraction of sp³-hybridized carbons (Fsp3) is 0.667. The van der Waals surface area contributed by atoms with Crippen molar-refractivity contribution in [3.05, 3.63) is 27.5 Å². The van der Waals surface area contributed by atoms with Crippen molar-refractivity contribution in [3.8, 4) is 11.8 Å². The number of aromatic carboxylic acids is 1. The number of carbonyl (C=O) groups is 2. The zero-order valence-corrected chi connectivity index (χ0v) is 23.7. The van der Waals surface area contributed by atoms with Gasteiger partial charge in [-0.15, -0.1) is 11.3 Å². The number of carbonyl (C=O) groups excluding carboxylic acids is 1. The Hall–Kier alpha value is -2.14. The molecule has 1 aliphatic heterocycles. The van der Waals surface area contributed by atoms with Crippen LogP contribution in [0.2, 0.25) is 0 Å². The van der Waals surface area contributed by atoms with Crippen LogP contribution in [0.1, 0.15) is 94.1 Å². The van der Waals surface area contributed by atoms with E-state index < -0.39 is 5.97 Å². The van der Waals surface area contributed by atoms with E-state index in [1.807, 2.05) is 31.7 Å². The number of carboxylic acid groups (broad SMARTS) is 1. The van der Waals surface area contributed by atoms with Crippen LogP contribution in [-0.4, -0.2) is 48.4 Å². The van der Waals surface area contributed by atoms with Crippen LogP contribution >= 0.6 is 11.3 Å². The first-order chi connectivity index (χ1) is 17.5. The third-order valence-corrected chi connectivity index (χ3v) is 8.64. The summed E-state index contributed by atoms with van der Waals surface area (Å²) in [6.45, 7) is 11.8. The van der Waals surface area contributed by atoms with Crippen LogP contribution in [0.15, 0.2) is 17.7 Å². The quantitative estimate of drug-likeness (QED) is 0.348. The lowest BCUT2D eigenvalue weighted by atomic mass is 9.79. The van der Waals surface area contributed by atoms with Crippen molar-refractivity contribution in [2.75, 3.05) is 18.1 Å². The lowest BCUT2D eigenvalue weighted by Gasteiger charge is -2.40. The van der Waals surface area contributed by atoms with Crippen molar-refractivity contribution in [1.29, 1.82) is 0 Å². The molecule has 1 amide bonds. The molecule has 0 spiro atoms. The van der Waals surface area contributed by atoms with E-state index in [1.165, 1.54) is 16.9 Å². The van der Waals surface area contributed by atoms with Crippen molar-refractivity contribution >= 4 is 28.9 Å². The fourth-order valence-electron chi connectivity index (χ4n) is 5.67. The molecule has 3 atom stereocenters. The van der Waals surface area contributed by atoms with Gasteiger partial charge in [-0.05, 0) is 84.6 Å². The van der Waals surface area contributed by atoms with E-state index in [2.05, 4.69) is 31.8 Å². The minimum absolute atomic E-state index is 0.0421. The largest absolute Gasteiger partial charge is 0.477 e. The smallest absolute Gasteiger partial charge is 0.348 e. The first-order valence-electron chi connectivity index (χ1n) is 13.6. The Morgan fingerprint density at radius 3 is 2.49 bits per heavy atom. The van der Waals surface area contributed by atoms with Crippen molar-refractivity contribution in [2.24, 2.45) is 17.3 Å². The molecule has 0 aromatic carbocycles. The Balaban J connectivity index is 1.63. The van der Waals surface area contributed by atoms with E-state index in [-0.39, 0.29) is 46.3 Å². The summed E-state index contributed by atoms with van der Waals surface area (Å²) in [4.78, 5) is 29.3. The molecule has 4 rings (SSSR count). The van der Waals surface area contributed by atoms with Gasteiger partial charge in [0, 0.05) is 24.0 Å². The van der Waals surface area contributed by atoms with Crippen LogP contribution in [0.4, 0.5) is 5.69 Å². The summed E-state index contributed by atoms with van der Waals surface area (Å²) in [6.07, 6.45) is 8.31. The highest BCUT2D eigenvalue weighted by Gasteiger charge is 2.39. The summed E-state index contributed by atoms with van der Waals surface area (Å²) >= 11 is 1.17. The number of rotatable bonds is 6. The van der Waals surface area contributed by atoms with E-state index in [9.17, 15) is 14.7 Å². The molecule has 1 saturated heterocycles. The number of amides is 1. The van der Waals surface area contributed by atoms with Gasteiger partial charge >= 0.3 is 5.97 Å². The summed E-state index contributed by atoms with van der Waals surface area (Å²) in [6, 6.07) is 1.78. The van der Waals surface area contributed by atoms with Gasteiger partial charge in [-0.25, -0.2) is 4.79 Å². The molecule has 2 aliphatic carbocycles. The minimum atomic E-state index is -1.01. The maximum atomic E-state index is 14.2. The number of hydrogen-bond donors (Lipinski definition) is 1. The second-order valence-electron chi connectivity index (χ2n) is 12.0. The molecule has 6 nitrogen and oxygen atoms in total. The number of ether oxygens (including phenoxy) is 2. The standard InChI is InChI=1S/C30H41NO5S/c1-19-6-11-25(20(2)16-19)28(32)31(21-7-9-22(10-8-21)36-23-13-15-35-18-23)26-17-24(12-14-30(3,4)5)37-27(26)29(33)34/h6,17,20-23,25H,7-11,13,15-16,18H2,1-5H3,(H,33,34)/t20-,21?,22?,23-,25-/m0/s1. The number of thiophene rings is 1. The van der Waals surface area contributed by atoms with Gasteiger partial charge in [0.15, 0.2) is 0 Å². The van der Waals surface area contributed by atoms with Gasteiger partial charge < -0.3 is 19.5 Å². The topological polar surface area (TPSA) is 76.1 Å². The van der Waals surface area contributed by atoms with E-state index in [1.54, 1.807) is 0 Å². The molecule has 0 unspecified atom stereocenters. The van der Waals surface area contributed by atoms with Gasteiger partial charge in [0.05, 0.1) is 29.4 Å². The number of anilines is 1. The molecular formula is C30H41NO5S. The summed E-state index contributed by atoms with van der Waals surface area (Å²) < 4.78 is 11.7. The van der Waals surface area contributed by atoms with Gasteiger partial charge in [0.2, 0.25) is 5.91 Å². The Bertz CT molecular complexity index is 1070. The van der Waals surface area contributed by atoms with Crippen molar-refractivity contribution < 1.29 is 24.2 Å². The van der Waals surface area contributed by atoms with E-state index >= 15 is 0 Å². The van der Waals surface area contributed by atoms with Gasteiger partial charge in [-0.2, -0.15) is 0 Å². The third-order valence-electron chi connectivity index (χ3n) is 7.61. The zero-order chi connectivity index (χ0) is 26.7. The summed E-state index contributed by atoms with van der Waals surface area (Å²) in [7, 11) is 0. The summed E-state index contributed by atoms with van der Waals surface area (Å²) in [5.74, 6) is 5.47. The average Bonchev–Trinajstić information content (AvgIpc) is 3.49. The molecule has 1 saturated carbocycles. The van der Waals surface area contributed by atoms with E-state index in [0.29, 0.717) is 23.6 Å². The van der Waals surface area contributed by atoms with Gasteiger partial charge in [-0.3, -0.25) is 4.79 Å². The first kappa shape index (κ1) is 27.9. The Morgan fingerprint density at radius 1 is 1.16 bits per heavy atom. The zero-order valence-electron chi connectivity index (χ0n) is 22.8. The fourth-order valence-corrected chi connectivity index (χ4v) is 6.51. The molecule has 3 aliphatic rings. The predicted molar refractivity (Wildman–Crippen MR) is 147 cm³/mol. The molecular weight excluding hydrogens is 486 g/mol. The molecule has 37 heavy (non-hydrogen) atoms. The average molecular weight is 528 g/mol. The first-order valence-corrected chi connectivity index (χ1v) is 14.5. The van der Waals surface area contributed by atoms with Crippen LogP contribution in [-0.2, 0) is 14.3 Å². The third kappa shape index (κ3) is 7.04. The molecule has 2 fully saturated rings. The van der Waals surface area contributed by atoms with Crippen molar-refractivity contribution in [2.45, 2.75) is 97.8 Å². The number of hydrogen-bond acceptors (Lipinski definition) is 5. The molecule has 1 aromatic rings. The highest BCUT2D eigenvalue weighted by molar-refractivity contribution is 7.15. The monoisotopic (exact) mass is 527 g/mol. The van der Waals surface area contributed by atoms with Crippen LogP contribution in [0, 0.1) is 29.1 Å². The van der Waals surface area contributed by atoms with Gasteiger partial charge in [-0.1, -0.05) is 30.4 Å². The number of carboxylic acids is 1. The molecule has 0 bridgehead atoms. The molecule has 202 valence electrons. The van der Waals surface area contributed by atoms with Crippen LogP contribution < -0.4 is 4.90 Å². The second kappa shape index (κ2) is 11.7. The summed E-state index contributed by atoms with van der Waals surface area (Å²) in [5, 5.41) is 10.1. The maximum absolute atomic E-state index is 14.2. The van der Waals surface area contributed by atoms with Crippen molar-refractivity contribution in [1.82, 2.24) is 0 Å². The van der Waals surface area contributed by atoms with E-state index in [0.717, 1.165) is 45.1 Å². The normalized spacial score (nSPS) is 28.2. The Labute approximate surface area is 225 Å². The highest BCUT2D eigenvalue weighted by atomic mass is 32.1.